The number of rotatable bonds is 6. The molecule has 0 rings (SSSR count). The van der Waals surface area contributed by atoms with Gasteiger partial charge in [-0.3, -0.25) is 14.4 Å². The molecule has 20 heavy (non-hydrogen) atoms. The minimum Gasteiger partial charge on any atom is -0.469 e. The Morgan fingerprint density at radius 3 is 1.65 bits per heavy atom. The highest BCUT2D eigenvalue weighted by molar-refractivity contribution is 5.83. The van der Waals surface area contributed by atoms with Crippen LogP contribution in [0, 0.1) is 11.8 Å². The highest BCUT2D eigenvalue weighted by Gasteiger charge is 2.14. The van der Waals surface area contributed by atoms with Gasteiger partial charge in [-0.2, -0.15) is 0 Å². The average Bonchev–Trinajstić information content (AvgIpc) is 2.37. The fraction of sp³-hybridized carbons (Fsp3) is 0.714. The lowest BCUT2D eigenvalue weighted by molar-refractivity contribution is -0.146. The summed E-state index contributed by atoms with van der Waals surface area (Å²) in [6.45, 7) is 6.31. The van der Waals surface area contributed by atoms with Crippen LogP contribution in [-0.4, -0.2) is 37.7 Å². The Labute approximate surface area is 119 Å². The first-order chi connectivity index (χ1) is 9.15. The maximum Gasteiger partial charge on any atom is 0.308 e. The van der Waals surface area contributed by atoms with Crippen molar-refractivity contribution < 1.29 is 28.7 Å². The van der Waals surface area contributed by atoms with Gasteiger partial charge in [0.05, 0.1) is 26.6 Å². The van der Waals surface area contributed by atoms with Crippen molar-refractivity contribution in [2.75, 3.05) is 14.2 Å². The first-order valence-electron chi connectivity index (χ1n) is 6.30. The predicted octanol–water partition coefficient (Wildman–Crippen LogP) is 1.55. The molecule has 0 saturated heterocycles. The van der Waals surface area contributed by atoms with Crippen molar-refractivity contribution in [2.24, 2.45) is 11.8 Å². The second-order valence-corrected chi connectivity index (χ2v) is 4.62. The first-order valence-corrected chi connectivity index (χ1v) is 6.30. The quantitative estimate of drug-likeness (QED) is 0.689. The molecule has 6 nitrogen and oxygen atoms in total. The first kappa shape index (κ1) is 20.6. The average molecular weight is 288 g/mol. The van der Waals surface area contributed by atoms with Gasteiger partial charge in [-0.05, 0) is 13.8 Å². The Kier molecular flexibility index (Phi) is 11.5. The van der Waals surface area contributed by atoms with Crippen LogP contribution in [-0.2, 0) is 28.7 Å². The monoisotopic (exact) mass is 288 g/mol. The van der Waals surface area contributed by atoms with Crippen molar-refractivity contribution in [1.82, 2.24) is 0 Å². The number of hydrogen-bond donors (Lipinski definition) is 0. The molecule has 0 fully saturated rings. The summed E-state index contributed by atoms with van der Waals surface area (Å²) in [6, 6.07) is 0. The lowest BCUT2D eigenvalue weighted by Gasteiger charge is -2.04. The van der Waals surface area contributed by atoms with E-state index in [0.717, 1.165) is 0 Å². The Morgan fingerprint density at radius 1 is 0.850 bits per heavy atom. The van der Waals surface area contributed by atoms with Gasteiger partial charge in [0.15, 0.2) is 0 Å². The molecule has 6 heteroatoms. The van der Waals surface area contributed by atoms with Crippen LogP contribution in [0.1, 0.15) is 40.5 Å². The summed E-state index contributed by atoms with van der Waals surface area (Å²) in [5, 5.41) is 0. The molecular weight excluding hydrogens is 264 g/mol. The second-order valence-electron chi connectivity index (χ2n) is 4.62. The normalized spacial score (nSPS) is 12.3. The Bertz CT molecular complexity index is 348. The van der Waals surface area contributed by atoms with Gasteiger partial charge < -0.3 is 14.3 Å². The van der Waals surface area contributed by atoms with Gasteiger partial charge in [-0.15, -0.1) is 0 Å². The summed E-state index contributed by atoms with van der Waals surface area (Å²) in [7, 11) is 2.63. The van der Waals surface area contributed by atoms with Crippen LogP contribution >= 0.6 is 0 Å². The van der Waals surface area contributed by atoms with Crippen LogP contribution in [0.25, 0.3) is 0 Å². The van der Waals surface area contributed by atoms with Gasteiger partial charge in [0.1, 0.15) is 11.6 Å². The molecular formula is C14H24O6. The maximum absolute atomic E-state index is 10.7. The van der Waals surface area contributed by atoms with E-state index in [0.29, 0.717) is 0 Å². The molecule has 0 aromatic heterocycles. The Hall–Kier alpha value is -1.72. The summed E-state index contributed by atoms with van der Waals surface area (Å²) in [4.78, 5) is 42.3. The van der Waals surface area contributed by atoms with Gasteiger partial charge in [0, 0.05) is 12.3 Å². The minimum atomic E-state index is -0.331. The van der Waals surface area contributed by atoms with Crippen molar-refractivity contribution in [1.29, 1.82) is 0 Å². The number of Topliss-reactive ketones (excluding diaryl/α,β-unsaturated/α-hetero) is 2. The molecule has 0 aromatic carbocycles. The fourth-order valence-electron chi connectivity index (χ4n) is 1.19. The molecule has 0 amide bonds. The van der Waals surface area contributed by atoms with Crippen LogP contribution in [0.3, 0.4) is 0 Å². The highest BCUT2D eigenvalue weighted by atomic mass is 16.5. The molecule has 0 radical (unpaired) electrons. The molecule has 0 aliphatic heterocycles. The largest absolute Gasteiger partial charge is 0.469 e. The third kappa shape index (κ3) is 11.4. The molecule has 0 heterocycles. The zero-order valence-electron chi connectivity index (χ0n) is 13.0. The van der Waals surface area contributed by atoms with E-state index >= 15 is 0 Å². The van der Waals surface area contributed by atoms with E-state index in [-0.39, 0.29) is 48.2 Å². The van der Waals surface area contributed by atoms with Crippen molar-refractivity contribution in [3.05, 3.63) is 0 Å². The van der Waals surface area contributed by atoms with Crippen molar-refractivity contribution in [3.63, 3.8) is 0 Å². The van der Waals surface area contributed by atoms with Gasteiger partial charge >= 0.3 is 11.9 Å². The third-order valence-corrected chi connectivity index (χ3v) is 2.59. The van der Waals surface area contributed by atoms with Crippen LogP contribution in [0.15, 0.2) is 0 Å². The van der Waals surface area contributed by atoms with E-state index in [1.54, 1.807) is 13.8 Å². The zero-order chi connectivity index (χ0) is 16.3. The number of methoxy groups -OCH3 is 2. The smallest absolute Gasteiger partial charge is 0.308 e. The van der Waals surface area contributed by atoms with Crippen LogP contribution in [0.2, 0.25) is 0 Å². The lowest BCUT2D eigenvalue weighted by Crippen LogP contribution is -2.15. The van der Waals surface area contributed by atoms with Crippen LogP contribution < -0.4 is 0 Å². The van der Waals surface area contributed by atoms with E-state index in [1.165, 1.54) is 28.1 Å². The van der Waals surface area contributed by atoms with Gasteiger partial charge in [0.25, 0.3) is 0 Å². The van der Waals surface area contributed by atoms with Gasteiger partial charge in [-0.1, -0.05) is 13.8 Å². The zero-order valence-corrected chi connectivity index (χ0v) is 13.0. The lowest BCUT2D eigenvalue weighted by atomic mass is 10.0. The number of carbonyl (C=O) groups excluding carboxylic acids is 4. The van der Waals surface area contributed by atoms with Crippen molar-refractivity contribution in [2.45, 2.75) is 40.5 Å². The molecule has 0 saturated carbocycles. The summed E-state index contributed by atoms with van der Waals surface area (Å²) >= 11 is 0. The number of hydrogen-bond acceptors (Lipinski definition) is 6. The molecule has 0 spiro atoms. The summed E-state index contributed by atoms with van der Waals surface area (Å²) in [5.41, 5.74) is 0. The van der Waals surface area contributed by atoms with Crippen LogP contribution in [0.5, 0.6) is 0 Å². The number of carbonyl (C=O) groups is 4. The highest BCUT2D eigenvalue weighted by Crippen LogP contribution is 2.04. The summed E-state index contributed by atoms with van der Waals surface area (Å²) < 4.78 is 8.80. The van der Waals surface area contributed by atoms with Gasteiger partial charge in [-0.25, -0.2) is 0 Å². The van der Waals surface area contributed by atoms with E-state index in [2.05, 4.69) is 9.47 Å². The fourth-order valence-corrected chi connectivity index (χ4v) is 1.19. The number of esters is 2. The standard InChI is InChI=1S/2C7H12O3/c1-5(6(2)8)4-7(9)10-3;1-5(4-6(2)8)7(9)10-3/h2*5H,4H2,1-3H3. The SMILES string of the molecule is COC(=O)C(C)CC(C)=O.COC(=O)CC(C)C(C)=O. The molecule has 2 unspecified atom stereocenters. The number of ketones is 2. The van der Waals surface area contributed by atoms with Crippen LogP contribution in [0.4, 0.5) is 0 Å². The summed E-state index contributed by atoms with van der Waals surface area (Å²) in [5.74, 6) is -1.14. The molecule has 0 aliphatic rings. The van der Waals surface area contributed by atoms with Crippen molar-refractivity contribution in [3.8, 4) is 0 Å². The molecule has 2 atom stereocenters. The maximum atomic E-state index is 10.7. The molecule has 116 valence electrons. The third-order valence-electron chi connectivity index (χ3n) is 2.59. The number of ether oxygens (including phenoxy) is 2. The molecule has 0 N–H and O–H groups in total. The van der Waals surface area contributed by atoms with Gasteiger partial charge in [0.2, 0.25) is 0 Å². The van der Waals surface area contributed by atoms with E-state index in [4.69, 9.17) is 0 Å². The van der Waals surface area contributed by atoms with E-state index in [1.807, 2.05) is 0 Å². The topological polar surface area (TPSA) is 86.7 Å². The molecule has 0 aliphatic carbocycles. The van der Waals surface area contributed by atoms with E-state index in [9.17, 15) is 19.2 Å². The predicted molar refractivity (Wildman–Crippen MR) is 73.0 cm³/mol. The van der Waals surface area contributed by atoms with E-state index < -0.39 is 0 Å². The Balaban J connectivity index is 0. The Morgan fingerprint density at radius 2 is 1.35 bits per heavy atom. The molecule has 0 aromatic rings. The minimum absolute atomic E-state index is 0.0119. The second kappa shape index (κ2) is 11.1. The molecule has 0 bridgehead atoms. The summed E-state index contributed by atoms with van der Waals surface area (Å²) in [6.07, 6.45) is 0.457. The van der Waals surface area contributed by atoms with Crippen molar-refractivity contribution >= 4 is 23.5 Å².